The molecule has 92 valence electrons. The summed E-state index contributed by atoms with van der Waals surface area (Å²) in [6.07, 6.45) is 0. The van der Waals surface area contributed by atoms with Crippen LogP contribution in [0.5, 0.6) is 0 Å². The fourth-order valence-corrected chi connectivity index (χ4v) is 2.04. The second kappa shape index (κ2) is 4.65. The summed E-state index contributed by atoms with van der Waals surface area (Å²) in [4.78, 5) is 10.7. The van der Waals surface area contributed by atoms with Gasteiger partial charge in [-0.15, -0.1) is 0 Å². The summed E-state index contributed by atoms with van der Waals surface area (Å²) in [7, 11) is 0. The minimum Gasteiger partial charge on any atom is -0.545 e. The van der Waals surface area contributed by atoms with E-state index in [1.165, 1.54) is 5.56 Å². The number of carboxylic acids is 1. The van der Waals surface area contributed by atoms with Gasteiger partial charge in [0.15, 0.2) is 0 Å². The lowest BCUT2D eigenvalue weighted by Gasteiger charge is -2.26. The van der Waals surface area contributed by atoms with Gasteiger partial charge in [-0.1, -0.05) is 68.4 Å². The summed E-state index contributed by atoms with van der Waals surface area (Å²) < 4.78 is 0. The number of benzene rings is 2. The Morgan fingerprint density at radius 1 is 0.889 bits per heavy atom. The number of hydrogen-bond donors (Lipinski definition) is 0. The molecule has 0 aliphatic rings. The van der Waals surface area contributed by atoms with E-state index in [0.717, 1.165) is 5.56 Å². The molecule has 0 radical (unpaired) electrons. The zero-order valence-electron chi connectivity index (χ0n) is 10.5. The van der Waals surface area contributed by atoms with Gasteiger partial charge in [-0.2, -0.15) is 0 Å². The van der Waals surface area contributed by atoms with Crippen molar-refractivity contribution in [3.05, 3.63) is 71.3 Å². The molecule has 0 heterocycles. The molecule has 0 saturated heterocycles. The van der Waals surface area contributed by atoms with Crippen LogP contribution in [0, 0.1) is 0 Å². The van der Waals surface area contributed by atoms with Crippen molar-refractivity contribution in [1.29, 1.82) is 0 Å². The molecule has 0 spiro atoms. The fourth-order valence-electron chi connectivity index (χ4n) is 2.04. The number of rotatable bonds is 3. The predicted octanol–water partition coefficient (Wildman–Crippen LogP) is 2.38. The minimum atomic E-state index is -1.14. The largest absolute Gasteiger partial charge is 0.545 e. The smallest absolute Gasteiger partial charge is 0.0715 e. The first-order valence-corrected chi connectivity index (χ1v) is 5.89. The van der Waals surface area contributed by atoms with E-state index >= 15 is 0 Å². The number of carboxylic acid groups (broad SMARTS) is 1. The van der Waals surface area contributed by atoms with Crippen LogP contribution in [0.2, 0.25) is 0 Å². The van der Waals surface area contributed by atoms with E-state index < -0.39 is 5.97 Å². The average Bonchev–Trinajstić information content (AvgIpc) is 2.40. The van der Waals surface area contributed by atoms with Crippen LogP contribution in [-0.4, -0.2) is 5.97 Å². The summed E-state index contributed by atoms with van der Waals surface area (Å²) in [5, 5.41) is 10.7. The van der Waals surface area contributed by atoms with Crippen molar-refractivity contribution in [2.75, 3.05) is 0 Å². The molecule has 2 nitrogen and oxygen atoms in total. The van der Waals surface area contributed by atoms with Gasteiger partial charge in [0.2, 0.25) is 0 Å². The second-order valence-corrected chi connectivity index (χ2v) is 4.86. The van der Waals surface area contributed by atoms with Crippen LogP contribution in [0.4, 0.5) is 0 Å². The highest BCUT2D eigenvalue weighted by atomic mass is 16.4. The fraction of sp³-hybridized carbons (Fsp3) is 0.188. The Balaban J connectivity index is 2.39. The first-order chi connectivity index (χ1) is 8.51. The van der Waals surface area contributed by atoms with Gasteiger partial charge in [0.05, 0.1) is 5.97 Å². The Hall–Kier alpha value is -2.09. The summed E-state index contributed by atoms with van der Waals surface area (Å²) >= 11 is 0. The standard InChI is InChI=1S/C16H16O2/c1-16(2,13-6-4-3-5-7-13)14-10-8-12(9-11-14)15(17)18/h3-11H,1-2H3,(H,17,18)/p-1. The topological polar surface area (TPSA) is 40.1 Å². The SMILES string of the molecule is CC(C)(c1ccccc1)c1ccc(C(=O)[O-])cc1. The average molecular weight is 239 g/mol. The van der Waals surface area contributed by atoms with Gasteiger partial charge in [-0.05, 0) is 16.7 Å². The van der Waals surface area contributed by atoms with E-state index in [2.05, 4.69) is 26.0 Å². The van der Waals surface area contributed by atoms with Crippen molar-refractivity contribution in [2.45, 2.75) is 19.3 Å². The molecular formula is C16H15O2-. The van der Waals surface area contributed by atoms with Gasteiger partial charge >= 0.3 is 0 Å². The van der Waals surface area contributed by atoms with Crippen LogP contribution in [0.1, 0.15) is 35.3 Å². The third kappa shape index (κ3) is 2.28. The Bertz CT molecular complexity index is 539. The van der Waals surface area contributed by atoms with E-state index in [-0.39, 0.29) is 11.0 Å². The molecule has 0 saturated carbocycles. The first kappa shape index (κ1) is 12.4. The van der Waals surface area contributed by atoms with Gasteiger partial charge in [0, 0.05) is 5.41 Å². The van der Waals surface area contributed by atoms with E-state index in [0.29, 0.717) is 0 Å². The first-order valence-electron chi connectivity index (χ1n) is 5.89. The lowest BCUT2D eigenvalue weighted by molar-refractivity contribution is -0.255. The highest BCUT2D eigenvalue weighted by Crippen LogP contribution is 2.31. The second-order valence-electron chi connectivity index (χ2n) is 4.86. The van der Waals surface area contributed by atoms with E-state index in [4.69, 9.17) is 0 Å². The molecular weight excluding hydrogens is 224 g/mol. The predicted molar refractivity (Wildman–Crippen MR) is 69.3 cm³/mol. The molecule has 0 atom stereocenters. The van der Waals surface area contributed by atoms with E-state index in [9.17, 15) is 9.90 Å². The lowest BCUT2D eigenvalue weighted by atomic mass is 9.78. The van der Waals surface area contributed by atoms with E-state index in [1.807, 2.05) is 30.3 Å². The summed E-state index contributed by atoms with van der Waals surface area (Å²) in [5.74, 6) is -1.14. The minimum absolute atomic E-state index is 0.147. The van der Waals surface area contributed by atoms with Gasteiger partial charge in [-0.3, -0.25) is 0 Å². The van der Waals surface area contributed by atoms with Crippen molar-refractivity contribution >= 4 is 5.97 Å². The number of carbonyl (C=O) groups excluding carboxylic acids is 1. The van der Waals surface area contributed by atoms with Crippen molar-refractivity contribution in [2.24, 2.45) is 0 Å². The third-order valence-corrected chi connectivity index (χ3v) is 3.34. The highest BCUT2D eigenvalue weighted by molar-refractivity contribution is 5.85. The molecule has 2 aromatic carbocycles. The van der Waals surface area contributed by atoms with Crippen molar-refractivity contribution in [3.63, 3.8) is 0 Å². The van der Waals surface area contributed by atoms with Gasteiger partial charge in [0.25, 0.3) is 0 Å². The molecule has 18 heavy (non-hydrogen) atoms. The normalized spacial score (nSPS) is 11.2. The monoisotopic (exact) mass is 239 g/mol. The van der Waals surface area contributed by atoms with Crippen LogP contribution >= 0.6 is 0 Å². The zero-order chi connectivity index (χ0) is 13.2. The van der Waals surface area contributed by atoms with Crippen LogP contribution in [-0.2, 0) is 5.41 Å². The quantitative estimate of drug-likeness (QED) is 0.825. The summed E-state index contributed by atoms with van der Waals surface area (Å²) in [6.45, 7) is 4.24. The summed E-state index contributed by atoms with van der Waals surface area (Å²) in [6, 6.07) is 17.0. The molecule has 2 aromatic rings. The maximum absolute atomic E-state index is 10.7. The Morgan fingerprint density at radius 2 is 1.39 bits per heavy atom. The maximum atomic E-state index is 10.7. The molecule has 0 bridgehead atoms. The van der Waals surface area contributed by atoms with Crippen molar-refractivity contribution in [3.8, 4) is 0 Å². The van der Waals surface area contributed by atoms with Crippen LogP contribution < -0.4 is 5.11 Å². The number of aromatic carboxylic acids is 1. The van der Waals surface area contributed by atoms with Gasteiger partial charge in [0.1, 0.15) is 0 Å². The van der Waals surface area contributed by atoms with Crippen LogP contribution in [0.3, 0.4) is 0 Å². The van der Waals surface area contributed by atoms with Gasteiger partial charge < -0.3 is 9.90 Å². The number of hydrogen-bond acceptors (Lipinski definition) is 2. The Kier molecular flexibility index (Phi) is 3.19. The lowest BCUT2D eigenvalue weighted by Crippen LogP contribution is -2.23. The maximum Gasteiger partial charge on any atom is 0.0715 e. The van der Waals surface area contributed by atoms with Crippen LogP contribution in [0.25, 0.3) is 0 Å². The van der Waals surface area contributed by atoms with Crippen molar-refractivity contribution in [1.82, 2.24) is 0 Å². The third-order valence-electron chi connectivity index (χ3n) is 3.34. The summed E-state index contributed by atoms with van der Waals surface area (Å²) in [5.41, 5.74) is 2.35. The molecule has 0 aliphatic carbocycles. The number of carbonyl (C=O) groups is 1. The Morgan fingerprint density at radius 3 is 1.89 bits per heavy atom. The van der Waals surface area contributed by atoms with E-state index in [1.54, 1.807) is 12.1 Å². The molecule has 2 heteroatoms. The molecule has 0 unspecified atom stereocenters. The highest BCUT2D eigenvalue weighted by Gasteiger charge is 2.22. The van der Waals surface area contributed by atoms with Gasteiger partial charge in [-0.25, -0.2) is 0 Å². The zero-order valence-corrected chi connectivity index (χ0v) is 10.5. The van der Waals surface area contributed by atoms with Crippen LogP contribution in [0.15, 0.2) is 54.6 Å². The molecule has 0 amide bonds. The molecule has 0 aliphatic heterocycles. The molecule has 0 fully saturated rings. The molecule has 0 aromatic heterocycles. The molecule has 2 rings (SSSR count). The molecule has 0 N–H and O–H groups in total. The Labute approximate surface area is 107 Å². The van der Waals surface area contributed by atoms with Crippen molar-refractivity contribution < 1.29 is 9.90 Å².